The van der Waals surface area contributed by atoms with Gasteiger partial charge in [-0.15, -0.1) is 0 Å². The summed E-state index contributed by atoms with van der Waals surface area (Å²) in [5.41, 5.74) is 1.15. The van der Waals surface area contributed by atoms with Gasteiger partial charge in [-0.25, -0.2) is 4.57 Å². The summed E-state index contributed by atoms with van der Waals surface area (Å²) in [7, 11) is 7.38. The van der Waals surface area contributed by atoms with Crippen molar-refractivity contribution >= 4 is 17.1 Å². The Morgan fingerprint density at radius 2 is 2.20 bits per heavy atom. The molecule has 0 saturated heterocycles. The molecular weight excluding hydrogens is 194 g/mol. The van der Waals surface area contributed by atoms with Gasteiger partial charge in [-0.1, -0.05) is 4.98 Å². The Balaban J connectivity index is 2.88. The third kappa shape index (κ3) is 1.38. The summed E-state index contributed by atoms with van der Waals surface area (Å²) in [5, 5.41) is 0. The second-order valence-corrected chi connectivity index (χ2v) is 3.79. The molecule has 2 heterocycles. The van der Waals surface area contributed by atoms with E-state index < -0.39 is 0 Å². The van der Waals surface area contributed by atoms with Gasteiger partial charge < -0.3 is 4.90 Å². The van der Waals surface area contributed by atoms with Crippen LogP contribution in [-0.2, 0) is 14.1 Å². The fourth-order valence-corrected chi connectivity index (χ4v) is 1.59. The molecule has 0 spiro atoms. The second kappa shape index (κ2) is 3.08. The van der Waals surface area contributed by atoms with Crippen LogP contribution in [-0.4, -0.2) is 28.6 Å². The zero-order valence-electron chi connectivity index (χ0n) is 9.27. The van der Waals surface area contributed by atoms with Gasteiger partial charge in [0, 0.05) is 14.1 Å². The summed E-state index contributed by atoms with van der Waals surface area (Å²) in [6, 6.07) is 0. The minimum atomic E-state index is -0.119. The molecule has 6 heteroatoms. The lowest BCUT2D eigenvalue weighted by atomic mass is 10.5. The summed E-state index contributed by atoms with van der Waals surface area (Å²) >= 11 is 0. The normalized spacial score (nSPS) is 10.9. The number of nitrogens with one attached hydrogen (secondary N) is 1. The summed E-state index contributed by atoms with van der Waals surface area (Å²) in [6.45, 7) is 0. The van der Waals surface area contributed by atoms with Gasteiger partial charge in [0.05, 0.1) is 14.1 Å². The molecule has 15 heavy (non-hydrogen) atoms. The lowest BCUT2D eigenvalue weighted by molar-refractivity contribution is -0.647. The average Bonchev–Trinajstić information content (AvgIpc) is 2.42. The zero-order valence-corrected chi connectivity index (χ0v) is 9.27. The van der Waals surface area contributed by atoms with Gasteiger partial charge in [-0.05, 0) is 0 Å². The quantitative estimate of drug-likeness (QED) is 0.621. The molecule has 0 aliphatic carbocycles. The number of fused-ring (bicyclic) bond motifs is 1. The topological polar surface area (TPSA) is 57.8 Å². The average molecular weight is 208 g/mol. The maximum Gasteiger partial charge on any atom is 0.311 e. The molecule has 0 amide bonds. The van der Waals surface area contributed by atoms with Crippen LogP contribution in [0.15, 0.2) is 11.1 Å². The number of hydrogen-bond donors (Lipinski definition) is 1. The molecule has 0 bridgehead atoms. The predicted octanol–water partition coefficient (Wildman–Crippen LogP) is -0.848. The number of aromatic nitrogens is 4. The van der Waals surface area contributed by atoms with Crippen LogP contribution in [0, 0.1) is 0 Å². The van der Waals surface area contributed by atoms with E-state index in [0.717, 1.165) is 0 Å². The Morgan fingerprint density at radius 3 is 2.80 bits per heavy atom. The van der Waals surface area contributed by atoms with Crippen molar-refractivity contribution in [3.05, 3.63) is 16.7 Å². The van der Waals surface area contributed by atoms with Crippen molar-refractivity contribution < 1.29 is 4.57 Å². The van der Waals surface area contributed by atoms with Crippen molar-refractivity contribution in [1.29, 1.82) is 0 Å². The van der Waals surface area contributed by atoms with Crippen LogP contribution in [0.5, 0.6) is 0 Å². The number of H-pyrrole nitrogens is 1. The third-order valence-electron chi connectivity index (χ3n) is 2.32. The van der Waals surface area contributed by atoms with E-state index in [4.69, 9.17) is 0 Å². The van der Waals surface area contributed by atoms with E-state index >= 15 is 0 Å². The summed E-state index contributed by atoms with van der Waals surface area (Å²) in [4.78, 5) is 20.7. The molecule has 2 rings (SSSR count). The minimum absolute atomic E-state index is 0.119. The standard InChI is InChI=1S/C9H13N5O/c1-12(2)9-10-7-6(8(15)11-9)13(3)5-14(7)4/h5H,1-4H3/p+1. The minimum Gasteiger partial charge on any atom is -0.334 e. The first-order valence-corrected chi connectivity index (χ1v) is 4.63. The fraction of sp³-hybridized carbons (Fsp3) is 0.444. The molecule has 2 aromatic rings. The molecule has 0 aliphatic heterocycles. The maximum absolute atomic E-state index is 11.8. The highest BCUT2D eigenvalue weighted by atomic mass is 16.1. The Bertz CT molecular complexity index is 566. The van der Waals surface area contributed by atoms with Crippen molar-refractivity contribution in [3.8, 4) is 0 Å². The third-order valence-corrected chi connectivity index (χ3v) is 2.32. The molecule has 6 nitrogen and oxygen atoms in total. The summed E-state index contributed by atoms with van der Waals surface area (Å²) in [6.07, 6.45) is 1.83. The van der Waals surface area contributed by atoms with Crippen LogP contribution >= 0.6 is 0 Å². The SMILES string of the molecule is CN(C)c1nc2c(c(=O)[nH]1)n(C)c[n+]2C. The van der Waals surface area contributed by atoms with Gasteiger partial charge in [0.2, 0.25) is 5.52 Å². The molecule has 0 aliphatic rings. The number of nitrogens with zero attached hydrogens (tertiary/aromatic N) is 4. The Hall–Kier alpha value is -1.85. The predicted molar refractivity (Wildman–Crippen MR) is 56.8 cm³/mol. The van der Waals surface area contributed by atoms with Gasteiger partial charge in [-0.3, -0.25) is 14.3 Å². The van der Waals surface area contributed by atoms with Gasteiger partial charge in [0.25, 0.3) is 11.5 Å². The van der Waals surface area contributed by atoms with Gasteiger partial charge in [-0.2, -0.15) is 0 Å². The first kappa shape index (κ1) is 9.70. The Morgan fingerprint density at radius 1 is 1.53 bits per heavy atom. The maximum atomic E-state index is 11.8. The van der Waals surface area contributed by atoms with E-state index in [-0.39, 0.29) is 5.56 Å². The number of hydrogen-bond acceptors (Lipinski definition) is 3. The van der Waals surface area contributed by atoms with Crippen LogP contribution in [0.25, 0.3) is 11.2 Å². The van der Waals surface area contributed by atoms with Gasteiger partial charge >= 0.3 is 5.65 Å². The van der Waals surface area contributed by atoms with Crippen LogP contribution < -0.4 is 15.0 Å². The smallest absolute Gasteiger partial charge is 0.311 e. The van der Waals surface area contributed by atoms with E-state index in [0.29, 0.717) is 17.1 Å². The monoisotopic (exact) mass is 208 g/mol. The molecule has 0 fully saturated rings. The highest BCUT2D eigenvalue weighted by Gasteiger charge is 2.18. The lowest BCUT2D eigenvalue weighted by Crippen LogP contribution is -2.28. The van der Waals surface area contributed by atoms with E-state index in [1.807, 2.05) is 39.1 Å². The molecule has 0 aromatic carbocycles. The van der Waals surface area contributed by atoms with E-state index in [2.05, 4.69) is 9.97 Å². The van der Waals surface area contributed by atoms with Gasteiger partial charge in [0.15, 0.2) is 6.33 Å². The van der Waals surface area contributed by atoms with Crippen LogP contribution in [0.1, 0.15) is 0 Å². The Kier molecular flexibility index (Phi) is 1.99. The van der Waals surface area contributed by atoms with Crippen LogP contribution in [0.2, 0.25) is 0 Å². The number of aromatic amines is 1. The lowest BCUT2D eigenvalue weighted by Gasteiger charge is -2.05. The summed E-state index contributed by atoms with van der Waals surface area (Å²) < 4.78 is 3.60. The van der Waals surface area contributed by atoms with Crippen molar-refractivity contribution in [3.63, 3.8) is 0 Å². The fourth-order valence-electron chi connectivity index (χ4n) is 1.59. The second-order valence-electron chi connectivity index (χ2n) is 3.79. The van der Waals surface area contributed by atoms with Crippen molar-refractivity contribution in [1.82, 2.24) is 14.5 Å². The molecule has 0 radical (unpaired) electrons. The zero-order chi connectivity index (χ0) is 11.2. The van der Waals surface area contributed by atoms with Crippen LogP contribution in [0.3, 0.4) is 0 Å². The van der Waals surface area contributed by atoms with Crippen molar-refractivity contribution in [2.75, 3.05) is 19.0 Å². The molecule has 0 saturated carbocycles. The van der Waals surface area contributed by atoms with Gasteiger partial charge in [0.1, 0.15) is 0 Å². The highest BCUT2D eigenvalue weighted by Crippen LogP contribution is 2.05. The first-order chi connectivity index (χ1) is 7.00. The Labute approximate surface area is 86.8 Å². The molecular formula is C9H14N5O+. The molecule has 0 unspecified atom stereocenters. The largest absolute Gasteiger partial charge is 0.334 e. The van der Waals surface area contributed by atoms with E-state index in [9.17, 15) is 4.79 Å². The van der Waals surface area contributed by atoms with E-state index in [1.54, 1.807) is 9.47 Å². The molecule has 2 aromatic heterocycles. The van der Waals surface area contributed by atoms with Crippen molar-refractivity contribution in [2.24, 2.45) is 14.1 Å². The molecule has 0 atom stereocenters. The van der Waals surface area contributed by atoms with E-state index in [1.165, 1.54) is 0 Å². The number of aryl methyl sites for hydroxylation is 2. The number of imidazole rings is 1. The highest BCUT2D eigenvalue weighted by molar-refractivity contribution is 5.67. The van der Waals surface area contributed by atoms with Crippen molar-refractivity contribution in [2.45, 2.75) is 0 Å². The number of rotatable bonds is 1. The molecule has 80 valence electrons. The first-order valence-electron chi connectivity index (χ1n) is 4.63. The summed E-state index contributed by atoms with van der Waals surface area (Å²) in [5.74, 6) is 0.564. The molecule has 1 N–H and O–H groups in total. The number of anilines is 1. The van der Waals surface area contributed by atoms with Crippen LogP contribution in [0.4, 0.5) is 5.95 Å².